The van der Waals surface area contributed by atoms with Gasteiger partial charge in [-0.15, -0.1) is 0 Å². The number of Topliss-reactive ketones (excluding diaryl/α,β-unsaturated/α-hetero) is 1. The zero-order chi connectivity index (χ0) is 13.3. The summed E-state index contributed by atoms with van der Waals surface area (Å²) >= 11 is 0. The Morgan fingerprint density at radius 3 is 2.72 bits per heavy atom. The smallest absolute Gasteiger partial charge is 0.178 e. The first-order valence-electron chi connectivity index (χ1n) is 6.89. The number of aromatic nitrogens is 1. The predicted octanol–water partition coefficient (Wildman–Crippen LogP) is 2.79. The molecule has 18 heavy (non-hydrogen) atoms. The van der Waals surface area contributed by atoms with Crippen LogP contribution < -0.4 is 0 Å². The summed E-state index contributed by atoms with van der Waals surface area (Å²) in [6.07, 6.45) is 1.23. The zero-order valence-corrected chi connectivity index (χ0v) is 11.9. The molecule has 1 N–H and O–H groups in total. The van der Waals surface area contributed by atoms with Crippen molar-refractivity contribution < 1.29 is 4.79 Å². The fourth-order valence-electron chi connectivity index (χ4n) is 2.85. The van der Waals surface area contributed by atoms with Gasteiger partial charge in [-0.3, -0.25) is 9.69 Å². The van der Waals surface area contributed by atoms with Crippen molar-refractivity contribution in [1.82, 2.24) is 9.88 Å². The number of H-pyrrole nitrogens is 1. The number of nitrogens with one attached hydrogen (secondary N) is 1. The summed E-state index contributed by atoms with van der Waals surface area (Å²) in [5, 5.41) is 0. The number of likely N-dealkylation sites (tertiary alicyclic amines) is 1. The molecule has 1 aromatic rings. The van der Waals surface area contributed by atoms with E-state index in [0.29, 0.717) is 6.54 Å². The third kappa shape index (κ3) is 2.83. The molecule has 2 heterocycles. The number of nitrogens with zero attached hydrogens (tertiary/aromatic N) is 1. The first-order chi connectivity index (χ1) is 8.47. The Hall–Kier alpha value is -1.09. The van der Waals surface area contributed by atoms with E-state index in [4.69, 9.17) is 0 Å². The van der Waals surface area contributed by atoms with Crippen LogP contribution in [-0.4, -0.2) is 35.3 Å². The van der Waals surface area contributed by atoms with E-state index in [1.165, 1.54) is 6.42 Å². The van der Waals surface area contributed by atoms with Gasteiger partial charge in [-0.1, -0.05) is 13.8 Å². The van der Waals surface area contributed by atoms with Gasteiger partial charge in [0.25, 0.3) is 0 Å². The largest absolute Gasteiger partial charge is 0.362 e. The quantitative estimate of drug-likeness (QED) is 0.832. The molecule has 1 aliphatic heterocycles. The molecule has 3 heteroatoms. The zero-order valence-electron chi connectivity index (χ0n) is 11.9. The van der Waals surface area contributed by atoms with Gasteiger partial charge in [-0.2, -0.15) is 0 Å². The molecule has 2 rings (SSSR count). The van der Waals surface area contributed by atoms with Crippen molar-refractivity contribution >= 4 is 5.78 Å². The second kappa shape index (κ2) is 5.27. The van der Waals surface area contributed by atoms with Crippen LogP contribution in [0.25, 0.3) is 0 Å². The lowest BCUT2D eigenvalue weighted by Crippen LogP contribution is -2.28. The van der Waals surface area contributed by atoms with Crippen molar-refractivity contribution in [3.05, 3.63) is 23.0 Å². The molecule has 0 aromatic carbocycles. The van der Waals surface area contributed by atoms with Crippen LogP contribution in [-0.2, 0) is 0 Å². The molecule has 100 valence electrons. The van der Waals surface area contributed by atoms with Gasteiger partial charge in [0, 0.05) is 23.5 Å². The average molecular weight is 248 g/mol. The molecule has 3 nitrogen and oxygen atoms in total. The Labute approximate surface area is 110 Å². The fraction of sp³-hybridized carbons (Fsp3) is 0.667. The van der Waals surface area contributed by atoms with Crippen LogP contribution in [0.4, 0.5) is 0 Å². The van der Waals surface area contributed by atoms with E-state index >= 15 is 0 Å². The summed E-state index contributed by atoms with van der Waals surface area (Å²) < 4.78 is 0. The van der Waals surface area contributed by atoms with Crippen molar-refractivity contribution in [1.29, 1.82) is 0 Å². The van der Waals surface area contributed by atoms with E-state index < -0.39 is 0 Å². The van der Waals surface area contributed by atoms with Gasteiger partial charge in [-0.25, -0.2) is 0 Å². The number of carbonyl (C=O) groups is 1. The highest BCUT2D eigenvalue weighted by Gasteiger charge is 2.26. The van der Waals surface area contributed by atoms with Crippen LogP contribution in [0.1, 0.15) is 42.0 Å². The second-order valence-corrected chi connectivity index (χ2v) is 5.94. The van der Waals surface area contributed by atoms with Crippen LogP contribution in [0, 0.1) is 25.7 Å². The summed E-state index contributed by atoms with van der Waals surface area (Å²) in [7, 11) is 0. The third-order valence-electron chi connectivity index (χ3n) is 4.07. The van der Waals surface area contributed by atoms with E-state index in [0.717, 1.165) is 41.9 Å². The Bertz CT molecular complexity index is 434. The maximum atomic E-state index is 12.2. The number of hydrogen-bond donors (Lipinski definition) is 1. The van der Waals surface area contributed by atoms with Crippen LogP contribution in [0.5, 0.6) is 0 Å². The fourth-order valence-corrected chi connectivity index (χ4v) is 2.85. The Morgan fingerprint density at radius 1 is 1.50 bits per heavy atom. The molecule has 0 radical (unpaired) electrons. The van der Waals surface area contributed by atoms with Gasteiger partial charge in [0.1, 0.15) is 0 Å². The minimum absolute atomic E-state index is 0.251. The molecule has 0 saturated carbocycles. The lowest BCUT2D eigenvalue weighted by molar-refractivity contribution is 0.0941. The molecule has 0 aliphatic carbocycles. The van der Waals surface area contributed by atoms with Crippen LogP contribution in [0.15, 0.2) is 6.07 Å². The predicted molar refractivity (Wildman–Crippen MR) is 74.0 cm³/mol. The minimum atomic E-state index is 0.251. The van der Waals surface area contributed by atoms with Crippen molar-refractivity contribution in [2.75, 3.05) is 19.6 Å². The summed E-state index contributed by atoms with van der Waals surface area (Å²) in [6, 6.07) is 1.97. The molecule has 1 atom stereocenters. The number of ketones is 1. The van der Waals surface area contributed by atoms with Crippen LogP contribution in [0.2, 0.25) is 0 Å². The highest BCUT2D eigenvalue weighted by molar-refractivity contribution is 5.98. The van der Waals surface area contributed by atoms with Gasteiger partial charge in [0.2, 0.25) is 0 Å². The molecule has 1 aliphatic rings. The van der Waals surface area contributed by atoms with E-state index in [2.05, 4.69) is 23.7 Å². The summed E-state index contributed by atoms with van der Waals surface area (Å²) in [5.74, 6) is 1.73. The SMILES string of the molecule is Cc1cc(C(=O)CN2CCC(C(C)C)C2)c(C)[nH]1. The molecular formula is C15H24N2O. The van der Waals surface area contributed by atoms with Gasteiger partial charge in [0.15, 0.2) is 5.78 Å². The molecule has 1 aromatic heterocycles. The van der Waals surface area contributed by atoms with Gasteiger partial charge < -0.3 is 4.98 Å². The Morgan fingerprint density at radius 2 is 2.22 bits per heavy atom. The number of rotatable bonds is 4. The molecule has 1 unspecified atom stereocenters. The molecule has 1 saturated heterocycles. The molecular weight excluding hydrogens is 224 g/mol. The Balaban J connectivity index is 1.95. The number of carbonyl (C=O) groups excluding carboxylic acids is 1. The summed E-state index contributed by atoms with van der Waals surface area (Å²) in [5.41, 5.74) is 2.93. The normalized spacial score (nSPS) is 20.8. The summed E-state index contributed by atoms with van der Waals surface area (Å²) in [6.45, 7) is 11.2. The average Bonchev–Trinajstić information content (AvgIpc) is 2.85. The van der Waals surface area contributed by atoms with Gasteiger partial charge >= 0.3 is 0 Å². The second-order valence-electron chi connectivity index (χ2n) is 5.94. The van der Waals surface area contributed by atoms with Crippen LogP contribution in [0.3, 0.4) is 0 Å². The standard InChI is InChI=1S/C15H24N2O/c1-10(2)13-5-6-17(8-13)9-15(18)14-7-11(3)16-12(14)4/h7,10,13,16H,5-6,8-9H2,1-4H3. The van der Waals surface area contributed by atoms with Crippen molar-refractivity contribution in [3.63, 3.8) is 0 Å². The van der Waals surface area contributed by atoms with E-state index in [1.807, 2.05) is 19.9 Å². The summed E-state index contributed by atoms with van der Waals surface area (Å²) in [4.78, 5) is 17.8. The van der Waals surface area contributed by atoms with E-state index in [9.17, 15) is 4.79 Å². The lowest BCUT2D eigenvalue weighted by Gasteiger charge is -2.17. The van der Waals surface area contributed by atoms with Crippen molar-refractivity contribution in [3.8, 4) is 0 Å². The first kappa shape index (κ1) is 13.3. The maximum absolute atomic E-state index is 12.2. The Kier molecular flexibility index (Phi) is 3.91. The van der Waals surface area contributed by atoms with Crippen molar-refractivity contribution in [2.24, 2.45) is 11.8 Å². The number of hydrogen-bond acceptors (Lipinski definition) is 2. The van der Waals surface area contributed by atoms with Crippen LogP contribution >= 0.6 is 0 Å². The lowest BCUT2D eigenvalue weighted by atomic mass is 9.95. The number of aromatic amines is 1. The van der Waals surface area contributed by atoms with E-state index in [-0.39, 0.29) is 5.78 Å². The topological polar surface area (TPSA) is 36.1 Å². The minimum Gasteiger partial charge on any atom is -0.362 e. The molecule has 0 amide bonds. The molecule has 0 bridgehead atoms. The molecule has 1 fully saturated rings. The third-order valence-corrected chi connectivity index (χ3v) is 4.07. The maximum Gasteiger partial charge on any atom is 0.178 e. The first-order valence-corrected chi connectivity index (χ1v) is 6.89. The van der Waals surface area contributed by atoms with Gasteiger partial charge in [0.05, 0.1) is 6.54 Å². The molecule has 0 spiro atoms. The van der Waals surface area contributed by atoms with E-state index in [1.54, 1.807) is 0 Å². The van der Waals surface area contributed by atoms with Gasteiger partial charge in [-0.05, 0) is 44.7 Å². The monoisotopic (exact) mass is 248 g/mol. The van der Waals surface area contributed by atoms with Crippen molar-refractivity contribution in [2.45, 2.75) is 34.1 Å². The highest BCUT2D eigenvalue weighted by atomic mass is 16.1. The number of aryl methyl sites for hydroxylation is 2. The highest BCUT2D eigenvalue weighted by Crippen LogP contribution is 2.23.